The SMILES string of the molecule is CONCc1cc(Cl)ccc1N1CCCCC1. The summed E-state index contributed by atoms with van der Waals surface area (Å²) in [5.41, 5.74) is 5.36. The minimum Gasteiger partial charge on any atom is -0.371 e. The lowest BCUT2D eigenvalue weighted by Gasteiger charge is -2.30. The fraction of sp³-hybridized carbons (Fsp3) is 0.538. The number of anilines is 1. The van der Waals surface area contributed by atoms with E-state index in [2.05, 4.69) is 16.4 Å². The standard InChI is InChI=1S/C13H19ClN2O/c1-17-15-10-11-9-12(14)5-6-13(11)16-7-3-2-4-8-16/h5-6,9,15H,2-4,7-8,10H2,1H3. The highest BCUT2D eigenvalue weighted by Crippen LogP contribution is 2.26. The van der Waals surface area contributed by atoms with Gasteiger partial charge in [0.2, 0.25) is 0 Å². The largest absolute Gasteiger partial charge is 0.371 e. The number of nitrogens with zero attached hydrogens (tertiary/aromatic N) is 1. The molecule has 0 aliphatic carbocycles. The first kappa shape index (κ1) is 12.7. The van der Waals surface area contributed by atoms with Crippen molar-refractivity contribution in [3.8, 4) is 0 Å². The van der Waals surface area contributed by atoms with Gasteiger partial charge in [-0.3, -0.25) is 0 Å². The van der Waals surface area contributed by atoms with E-state index in [0.717, 1.165) is 18.1 Å². The summed E-state index contributed by atoms with van der Waals surface area (Å²) < 4.78 is 0. The second kappa shape index (κ2) is 6.24. The third kappa shape index (κ3) is 3.35. The molecule has 0 spiro atoms. The molecule has 0 amide bonds. The molecular weight excluding hydrogens is 236 g/mol. The Balaban J connectivity index is 2.18. The van der Waals surface area contributed by atoms with E-state index >= 15 is 0 Å². The summed E-state index contributed by atoms with van der Waals surface area (Å²) in [6.45, 7) is 2.96. The summed E-state index contributed by atoms with van der Waals surface area (Å²) in [5.74, 6) is 0. The fourth-order valence-corrected chi connectivity index (χ4v) is 2.48. The van der Waals surface area contributed by atoms with Crippen molar-refractivity contribution in [2.45, 2.75) is 25.8 Å². The lowest BCUT2D eigenvalue weighted by molar-refractivity contribution is 0.0868. The number of halogens is 1. The highest BCUT2D eigenvalue weighted by molar-refractivity contribution is 6.30. The van der Waals surface area contributed by atoms with Crippen LogP contribution in [0.4, 0.5) is 5.69 Å². The summed E-state index contributed by atoms with van der Waals surface area (Å²) in [6.07, 6.45) is 3.90. The van der Waals surface area contributed by atoms with E-state index in [-0.39, 0.29) is 0 Å². The van der Waals surface area contributed by atoms with E-state index in [9.17, 15) is 0 Å². The van der Waals surface area contributed by atoms with E-state index in [1.807, 2.05) is 12.1 Å². The number of rotatable bonds is 4. The highest BCUT2D eigenvalue weighted by Gasteiger charge is 2.14. The van der Waals surface area contributed by atoms with E-state index in [0.29, 0.717) is 6.54 Å². The quantitative estimate of drug-likeness (QED) is 0.836. The van der Waals surface area contributed by atoms with Crippen molar-refractivity contribution >= 4 is 17.3 Å². The van der Waals surface area contributed by atoms with Gasteiger partial charge in [-0.25, -0.2) is 0 Å². The maximum atomic E-state index is 6.05. The average molecular weight is 255 g/mol. The Morgan fingerprint density at radius 3 is 2.76 bits per heavy atom. The Morgan fingerprint density at radius 1 is 1.29 bits per heavy atom. The van der Waals surface area contributed by atoms with Crippen LogP contribution >= 0.6 is 11.6 Å². The molecule has 1 saturated heterocycles. The number of benzene rings is 1. The average Bonchev–Trinajstić information content (AvgIpc) is 2.37. The van der Waals surface area contributed by atoms with Crippen LogP contribution in [0.1, 0.15) is 24.8 Å². The van der Waals surface area contributed by atoms with Gasteiger partial charge in [0.1, 0.15) is 0 Å². The molecule has 0 aromatic heterocycles. The minimum atomic E-state index is 0.683. The van der Waals surface area contributed by atoms with Crippen LogP contribution in [-0.4, -0.2) is 20.2 Å². The summed E-state index contributed by atoms with van der Waals surface area (Å²) in [4.78, 5) is 7.35. The zero-order valence-corrected chi connectivity index (χ0v) is 11.0. The predicted molar refractivity (Wildman–Crippen MR) is 71.4 cm³/mol. The molecule has 1 aromatic rings. The summed E-state index contributed by atoms with van der Waals surface area (Å²) >= 11 is 6.05. The van der Waals surface area contributed by atoms with Crippen molar-refractivity contribution < 1.29 is 4.84 Å². The van der Waals surface area contributed by atoms with Crippen LogP contribution in [0.3, 0.4) is 0 Å². The number of nitrogens with one attached hydrogen (secondary N) is 1. The molecular formula is C13H19ClN2O. The molecule has 0 atom stereocenters. The van der Waals surface area contributed by atoms with Crippen molar-refractivity contribution in [1.82, 2.24) is 5.48 Å². The first-order chi connectivity index (χ1) is 8.31. The van der Waals surface area contributed by atoms with Crippen molar-refractivity contribution in [2.75, 3.05) is 25.1 Å². The van der Waals surface area contributed by atoms with Gasteiger partial charge < -0.3 is 9.74 Å². The van der Waals surface area contributed by atoms with Crippen LogP contribution in [0.15, 0.2) is 18.2 Å². The van der Waals surface area contributed by atoms with E-state index < -0.39 is 0 Å². The van der Waals surface area contributed by atoms with Gasteiger partial charge in [0, 0.05) is 30.3 Å². The molecule has 17 heavy (non-hydrogen) atoms. The van der Waals surface area contributed by atoms with E-state index in [1.165, 1.54) is 30.5 Å². The summed E-state index contributed by atoms with van der Waals surface area (Å²) in [7, 11) is 1.63. The van der Waals surface area contributed by atoms with Crippen molar-refractivity contribution in [2.24, 2.45) is 0 Å². The number of hydroxylamine groups is 1. The fourth-order valence-electron chi connectivity index (χ4n) is 2.29. The zero-order chi connectivity index (χ0) is 12.1. The minimum absolute atomic E-state index is 0.683. The van der Waals surface area contributed by atoms with Gasteiger partial charge in [0.15, 0.2) is 0 Å². The Hall–Kier alpha value is -0.770. The molecule has 1 heterocycles. The topological polar surface area (TPSA) is 24.5 Å². The summed E-state index contributed by atoms with van der Waals surface area (Å²) in [6, 6.07) is 6.08. The van der Waals surface area contributed by atoms with Gasteiger partial charge >= 0.3 is 0 Å². The Morgan fingerprint density at radius 2 is 2.06 bits per heavy atom. The lowest BCUT2D eigenvalue weighted by atomic mass is 10.1. The number of hydrogen-bond donors (Lipinski definition) is 1. The molecule has 0 unspecified atom stereocenters. The molecule has 94 valence electrons. The van der Waals surface area contributed by atoms with Gasteiger partial charge in [0.05, 0.1) is 7.11 Å². The molecule has 0 radical (unpaired) electrons. The van der Waals surface area contributed by atoms with Crippen LogP contribution < -0.4 is 10.4 Å². The smallest absolute Gasteiger partial charge is 0.0572 e. The Bertz CT molecular complexity index is 364. The first-order valence-corrected chi connectivity index (χ1v) is 6.48. The molecule has 1 fully saturated rings. The van der Waals surface area contributed by atoms with Gasteiger partial charge in [0.25, 0.3) is 0 Å². The second-order valence-corrected chi connectivity index (χ2v) is 4.78. The molecule has 1 aliphatic heterocycles. The van der Waals surface area contributed by atoms with E-state index in [4.69, 9.17) is 16.4 Å². The predicted octanol–water partition coefficient (Wildman–Crippen LogP) is 2.98. The molecule has 2 rings (SSSR count). The summed E-state index contributed by atoms with van der Waals surface area (Å²) in [5, 5.41) is 0.777. The molecule has 0 saturated carbocycles. The van der Waals surface area contributed by atoms with Gasteiger partial charge in [-0.2, -0.15) is 5.48 Å². The maximum Gasteiger partial charge on any atom is 0.0572 e. The normalized spacial score (nSPS) is 16.2. The second-order valence-electron chi connectivity index (χ2n) is 4.35. The molecule has 0 bridgehead atoms. The maximum absolute atomic E-state index is 6.05. The van der Waals surface area contributed by atoms with Crippen LogP contribution in [0.25, 0.3) is 0 Å². The monoisotopic (exact) mass is 254 g/mol. The van der Waals surface area contributed by atoms with Crippen molar-refractivity contribution in [3.63, 3.8) is 0 Å². The van der Waals surface area contributed by atoms with Gasteiger partial charge in [-0.1, -0.05) is 11.6 Å². The Kier molecular flexibility index (Phi) is 4.66. The third-order valence-corrected chi connectivity index (χ3v) is 3.38. The van der Waals surface area contributed by atoms with E-state index in [1.54, 1.807) is 7.11 Å². The van der Waals surface area contributed by atoms with Crippen molar-refractivity contribution in [3.05, 3.63) is 28.8 Å². The Labute approximate surface area is 108 Å². The third-order valence-electron chi connectivity index (χ3n) is 3.15. The lowest BCUT2D eigenvalue weighted by Crippen LogP contribution is -2.30. The van der Waals surface area contributed by atoms with Crippen LogP contribution in [-0.2, 0) is 11.4 Å². The molecule has 4 heteroatoms. The van der Waals surface area contributed by atoms with Gasteiger partial charge in [-0.15, -0.1) is 0 Å². The van der Waals surface area contributed by atoms with Crippen LogP contribution in [0.2, 0.25) is 5.02 Å². The molecule has 1 N–H and O–H groups in total. The molecule has 3 nitrogen and oxygen atoms in total. The molecule has 1 aromatic carbocycles. The van der Waals surface area contributed by atoms with Crippen LogP contribution in [0.5, 0.6) is 0 Å². The van der Waals surface area contributed by atoms with Gasteiger partial charge in [-0.05, 0) is 43.0 Å². The number of hydrogen-bond acceptors (Lipinski definition) is 3. The zero-order valence-electron chi connectivity index (χ0n) is 10.2. The van der Waals surface area contributed by atoms with Crippen LogP contribution in [0, 0.1) is 0 Å². The highest BCUT2D eigenvalue weighted by atomic mass is 35.5. The van der Waals surface area contributed by atoms with Crippen molar-refractivity contribution in [1.29, 1.82) is 0 Å². The number of piperidine rings is 1. The molecule has 1 aliphatic rings. The first-order valence-electron chi connectivity index (χ1n) is 6.10.